The predicted molar refractivity (Wildman–Crippen MR) is 110 cm³/mol. The fraction of sp³-hybridized carbons (Fsp3) is 0.261. The number of aliphatic hydroxyl groups is 2. The zero-order valence-electron chi connectivity index (χ0n) is 17.0. The molecule has 3 aromatic carbocycles. The van der Waals surface area contributed by atoms with Crippen LogP contribution in [0.3, 0.4) is 0 Å². The maximum absolute atomic E-state index is 12.8. The van der Waals surface area contributed by atoms with E-state index in [9.17, 15) is 15.0 Å². The minimum absolute atomic E-state index is 0.0597. The van der Waals surface area contributed by atoms with Gasteiger partial charge < -0.3 is 33.9 Å². The molecule has 31 heavy (non-hydrogen) atoms. The second-order valence-electron chi connectivity index (χ2n) is 7.19. The number of aliphatic hydroxyl groups excluding tert-OH is 2. The highest BCUT2D eigenvalue weighted by atomic mass is 16.7. The van der Waals surface area contributed by atoms with Crippen LogP contribution in [-0.4, -0.2) is 37.2 Å². The molecule has 0 aromatic heterocycles. The van der Waals surface area contributed by atoms with Gasteiger partial charge in [-0.3, -0.25) is 0 Å². The summed E-state index contributed by atoms with van der Waals surface area (Å²) < 4.78 is 27.7. The number of ether oxygens (including phenoxy) is 5. The van der Waals surface area contributed by atoms with Gasteiger partial charge in [-0.2, -0.15) is 0 Å². The summed E-state index contributed by atoms with van der Waals surface area (Å²) in [7, 11) is 3.00. The highest BCUT2D eigenvalue weighted by Crippen LogP contribution is 2.50. The van der Waals surface area contributed by atoms with Crippen molar-refractivity contribution < 1.29 is 38.7 Å². The van der Waals surface area contributed by atoms with Gasteiger partial charge in [0.15, 0.2) is 11.5 Å². The SMILES string of the molecule is COc1c(CO)c(CO)cc2c(-c3ccc4c(c3)OCO4)c3c(c(OC)c12)COC3=O. The number of hydrogen-bond acceptors (Lipinski definition) is 8. The maximum Gasteiger partial charge on any atom is 0.339 e. The Hall–Kier alpha value is -3.49. The second-order valence-corrected chi connectivity index (χ2v) is 7.19. The van der Waals surface area contributed by atoms with Crippen LogP contribution < -0.4 is 18.9 Å². The molecule has 0 bridgehead atoms. The lowest BCUT2D eigenvalue weighted by Crippen LogP contribution is -2.05. The van der Waals surface area contributed by atoms with Crippen molar-refractivity contribution in [2.45, 2.75) is 19.8 Å². The molecule has 3 aromatic rings. The van der Waals surface area contributed by atoms with Crippen LogP contribution in [0.2, 0.25) is 0 Å². The van der Waals surface area contributed by atoms with Gasteiger partial charge in [0.1, 0.15) is 18.1 Å². The van der Waals surface area contributed by atoms with E-state index in [0.717, 1.165) is 5.56 Å². The summed E-state index contributed by atoms with van der Waals surface area (Å²) in [5.74, 6) is 1.56. The van der Waals surface area contributed by atoms with Crippen molar-refractivity contribution in [2.24, 2.45) is 0 Å². The fourth-order valence-corrected chi connectivity index (χ4v) is 4.41. The van der Waals surface area contributed by atoms with E-state index in [1.54, 1.807) is 18.2 Å². The lowest BCUT2D eigenvalue weighted by atomic mass is 9.87. The molecule has 0 amide bonds. The summed E-state index contributed by atoms with van der Waals surface area (Å²) >= 11 is 0. The molecule has 0 radical (unpaired) electrons. The predicted octanol–water partition coefficient (Wildman–Crippen LogP) is 2.91. The lowest BCUT2D eigenvalue weighted by molar-refractivity contribution is 0.0535. The third kappa shape index (κ3) is 2.72. The molecule has 0 atom stereocenters. The van der Waals surface area contributed by atoms with Crippen molar-refractivity contribution in [1.82, 2.24) is 0 Å². The first kappa shape index (κ1) is 19.5. The molecule has 2 N–H and O–H groups in total. The van der Waals surface area contributed by atoms with Crippen LogP contribution in [0.15, 0.2) is 24.3 Å². The minimum Gasteiger partial charge on any atom is -0.496 e. The van der Waals surface area contributed by atoms with Crippen molar-refractivity contribution in [2.75, 3.05) is 21.0 Å². The van der Waals surface area contributed by atoms with E-state index in [1.165, 1.54) is 14.2 Å². The van der Waals surface area contributed by atoms with E-state index in [0.29, 0.717) is 61.6 Å². The Bertz CT molecular complexity index is 1230. The van der Waals surface area contributed by atoms with Crippen LogP contribution in [-0.2, 0) is 24.6 Å². The molecule has 2 aliphatic rings. The topological polar surface area (TPSA) is 104 Å². The van der Waals surface area contributed by atoms with Crippen molar-refractivity contribution in [1.29, 1.82) is 0 Å². The third-order valence-electron chi connectivity index (χ3n) is 5.75. The van der Waals surface area contributed by atoms with Gasteiger partial charge >= 0.3 is 5.97 Å². The Kier molecular flexibility index (Phi) is 4.60. The average Bonchev–Trinajstić information content (AvgIpc) is 3.42. The highest BCUT2D eigenvalue weighted by Gasteiger charge is 2.34. The molecular formula is C23H20O8. The van der Waals surface area contributed by atoms with E-state index in [1.807, 2.05) is 6.07 Å². The molecule has 8 heteroatoms. The minimum atomic E-state index is -0.460. The highest BCUT2D eigenvalue weighted by molar-refractivity contribution is 6.15. The van der Waals surface area contributed by atoms with E-state index < -0.39 is 5.97 Å². The first-order valence-electron chi connectivity index (χ1n) is 9.67. The smallest absolute Gasteiger partial charge is 0.339 e. The van der Waals surface area contributed by atoms with Gasteiger partial charge in [0, 0.05) is 16.7 Å². The van der Waals surface area contributed by atoms with Gasteiger partial charge in [-0.15, -0.1) is 0 Å². The van der Waals surface area contributed by atoms with E-state index in [2.05, 4.69) is 0 Å². The van der Waals surface area contributed by atoms with E-state index in [-0.39, 0.29) is 26.6 Å². The number of carbonyl (C=O) groups excluding carboxylic acids is 1. The van der Waals surface area contributed by atoms with E-state index in [4.69, 9.17) is 23.7 Å². The van der Waals surface area contributed by atoms with Crippen molar-refractivity contribution >= 4 is 16.7 Å². The molecule has 2 aliphatic heterocycles. The van der Waals surface area contributed by atoms with Crippen LogP contribution >= 0.6 is 0 Å². The van der Waals surface area contributed by atoms with Crippen molar-refractivity contribution in [3.63, 3.8) is 0 Å². The molecule has 0 fully saturated rings. The summed E-state index contributed by atoms with van der Waals surface area (Å²) in [4.78, 5) is 12.8. The fourth-order valence-electron chi connectivity index (χ4n) is 4.41. The second kappa shape index (κ2) is 7.33. The first-order chi connectivity index (χ1) is 15.1. The van der Waals surface area contributed by atoms with Gasteiger partial charge in [0.25, 0.3) is 0 Å². The normalized spacial score (nSPS) is 14.0. The largest absolute Gasteiger partial charge is 0.496 e. The number of carbonyl (C=O) groups is 1. The molecule has 0 spiro atoms. The Morgan fingerprint density at radius 3 is 2.42 bits per heavy atom. The molecule has 5 rings (SSSR count). The number of fused-ring (bicyclic) bond motifs is 3. The van der Waals surface area contributed by atoms with Crippen LogP contribution in [0.1, 0.15) is 27.0 Å². The molecule has 0 aliphatic carbocycles. The summed E-state index contributed by atoms with van der Waals surface area (Å²) in [5.41, 5.74) is 3.27. The van der Waals surface area contributed by atoms with Gasteiger partial charge in [-0.25, -0.2) is 4.79 Å². The third-order valence-corrected chi connectivity index (χ3v) is 5.75. The Morgan fingerprint density at radius 1 is 0.935 bits per heavy atom. The van der Waals surface area contributed by atoms with E-state index >= 15 is 0 Å². The zero-order valence-corrected chi connectivity index (χ0v) is 17.0. The first-order valence-corrected chi connectivity index (χ1v) is 9.67. The molecule has 0 saturated carbocycles. The van der Waals surface area contributed by atoms with Crippen LogP contribution in [0.25, 0.3) is 21.9 Å². The Morgan fingerprint density at radius 2 is 1.71 bits per heavy atom. The van der Waals surface area contributed by atoms with Crippen molar-refractivity contribution in [3.05, 3.63) is 46.5 Å². The standard InChI is InChI=1S/C23H20O8/c1-27-21-14(8-25)12(7-24)5-13-18(11-3-4-16-17(6-11)31-10-30-16)19-15(9-29-23(19)26)22(28-2)20(13)21/h3-6,24-25H,7-10H2,1-2H3. The zero-order chi connectivity index (χ0) is 21.7. The van der Waals surface area contributed by atoms with Gasteiger partial charge in [0.05, 0.1) is 38.4 Å². The van der Waals surface area contributed by atoms with Gasteiger partial charge in [-0.1, -0.05) is 6.07 Å². The average molecular weight is 424 g/mol. The van der Waals surface area contributed by atoms with Crippen LogP contribution in [0.5, 0.6) is 23.0 Å². The summed E-state index contributed by atoms with van der Waals surface area (Å²) in [5, 5.41) is 21.2. The number of benzene rings is 3. The number of methoxy groups -OCH3 is 2. The number of esters is 1. The number of rotatable bonds is 5. The van der Waals surface area contributed by atoms with Crippen LogP contribution in [0.4, 0.5) is 0 Å². The molecule has 2 heterocycles. The summed E-state index contributed by atoms with van der Waals surface area (Å²) in [6.07, 6.45) is 0. The molecule has 8 nitrogen and oxygen atoms in total. The van der Waals surface area contributed by atoms with Gasteiger partial charge in [0.2, 0.25) is 6.79 Å². The van der Waals surface area contributed by atoms with Crippen LogP contribution in [0, 0.1) is 0 Å². The number of hydrogen-bond donors (Lipinski definition) is 2. The van der Waals surface area contributed by atoms with Crippen molar-refractivity contribution in [3.8, 4) is 34.1 Å². The Labute approximate surface area is 177 Å². The molecule has 0 unspecified atom stereocenters. The van der Waals surface area contributed by atoms with Gasteiger partial charge in [-0.05, 0) is 34.7 Å². The molecular weight excluding hydrogens is 404 g/mol. The monoisotopic (exact) mass is 424 g/mol. The quantitative estimate of drug-likeness (QED) is 0.603. The number of cyclic esters (lactones) is 1. The summed E-state index contributed by atoms with van der Waals surface area (Å²) in [6, 6.07) is 7.18. The Balaban J connectivity index is 1.97. The summed E-state index contributed by atoms with van der Waals surface area (Å²) in [6.45, 7) is -0.453. The molecule has 160 valence electrons. The maximum atomic E-state index is 12.8. The lowest BCUT2D eigenvalue weighted by Gasteiger charge is -2.21. The molecule has 0 saturated heterocycles.